The third-order valence-corrected chi connectivity index (χ3v) is 5.76. The summed E-state index contributed by atoms with van der Waals surface area (Å²) >= 11 is 0. The first kappa shape index (κ1) is 18.9. The van der Waals surface area contributed by atoms with Crippen LogP contribution in [0.15, 0.2) is 42.5 Å². The summed E-state index contributed by atoms with van der Waals surface area (Å²) in [5.74, 6) is -1.25. The molecule has 0 atom stereocenters. The molecule has 0 aliphatic carbocycles. The van der Waals surface area contributed by atoms with Gasteiger partial charge in [0.05, 0.1) is 22.6 Å². The molecule has 2 amide bonds. The van der Waals surface area contributed by atoms with E-state index in [2.05, 4.69) is 4.72 Å². The number of carbonyl (C=O) groups excluding carboxylic acids is 2. The molecule has 0 radical (unpaired) electrons. The van der Waals surface area contributed by atoms with Crippen molar-refractivity contribution < 1.29 is 23.1 Å². The molecule has 2 N–H and O–H groups in total. The molecule has 1 heterocycles. The molecule has 0 spiro atoms. The molecular weight excluding hydrogens is 368 g/mol. The fourth-order valence-electron chi connectivity index (χ4n) is 2.96. The van der Waals surface area contributed by atoms with Crippen LogP contribution in [0, 0.1) is 0 Å². The average Bonchev–Trinajstić information content (AvgIpc) is 2.88. The Morgan fingerprint density at radius 1 is 1.04 bits per heavy atom. The number of amides is 2. The fourth-order valence-corrected chi connectivity index (χ4v) is 4.07. The number of nitrogens with zero attached hydrogens (tertiary/aromatic N) is 1. The number of hydrogen-bond donors (Lipinski definition) is 2. The van der Waals surface area contributed by atoms with Gasteiger partial charge in [-0.15, -0.1) is 0 Å². The Morgan fingerprint density at radius 2 is 1.67 bits per heavy atom. The second kappa shape index (κ2) is 7.40. The van der Waals surface area contributed by atoms with Crippen molar-refractivity contribution in [2.75, 3.05) is 17.0 Å². The summed E-state index contributed by atoms with van der Waals surface area (Å²) in [5.41, 5.74) is 1.68. The van der Waals surface area contributed by atoms with Gasteiger partial charge >= 0.3 is 0 Å². The number of phenols is 1. The Morgan fingerprint density at radius 3 is 2.26 bits per heavy atom. The number of rotatable bonds is 7. The molecule has 3 rings (SSSR count). The quantitative estimate of drug-likeness (QED) is 0.560. The molecule has 7 nitrogen and oxygen atoms in total. The molecule has 0 fully saturated rings. The minimum absolute atomic E-state index is 0.00817. The maximum absolute atomic E-state index is 12.3. The van der Waals surface area contributed by atoms with Crippen LogP contribution in [0.25, 0.3) is 0 Å². The van der Waals surface area contributed by atoms with Crippen molar-refractivity contribution in [3.8, 4) is 5.75 Å². The average molecular weight is 388 g/mol. The molecule has 1 aliphatic rings. The summed E-state index contributed by atoms with van der Waals surface area (Å²) in [6, 6.07) is 11.3. The lowest BCUT2D eigenvalue weighted by Gasteiger charge is -2.14. The number of imide groups is 1. The Kier molecular flexibility index (Phi) is 5.18. The Hall–Kier alpha value is -2.87. The van der Waals surface area contributed by atoms with Crippen LogP contribution in [0.4, 0.5) is 5.69 Å². The topological polar surface area (TPSA) is 104 Å². The van der Waals surface area contributed by atoms with Crippen LogP contribution in [0.2, 0.25) is 0 Å². The van der Waals surface area contributed by atoms with E-state index in [0.717, 1.165) is 10.5 Å². The number of aryl methyl sites for hydroxylation is 1. The molecule has 2 aromatic rings. The number of anilines is 1. The summed E-state index contributed by atoms with van der Waals surface area (Å²) in [7, 11) is -3.74. The number of benzene rings is 2. The van der Waals surface area contributed by atoms with Gasteiger partial charge in [0.25, 0.3) is 11.8 Å². The normalized spacial score (nSPS) is 13.7. The van der Waals surface area contributed by atoms with E-state index >= 15 is 0 Å². The standard InChI is InChI=1S/C19H20N2O5S/c1-2-13-8-9-17(22)16(12-13)20-27(25,26)11-5-10-21-18(23)14-6-3-4-7-15(14)19(21)24/h3-4,6-9,12,20,22H,2,5,10-11H2,1H3. The zero-order valence-corrected chi connectivity index (χ0v) is 15.6. The fraction of sp³-hybridized carbons (Fsp3) is 0.263. The molecule has 0 unspecified atom stereocenters. The zero-order valence-electron chi connectivity index (χ0n) is 14.8. The van der Waals surface area contributed by atoms with Gasteiger partial charge in [-0.2, -0.15) is 0 Å². The molecule has 142 valence electrons. The van der Waals surface area contributed by atoms with Gasteiger partial charge in [-0.3, -0.25) is 19.2 Å². The van der Waals surface area contributed by atoms with E-state index in [1.54, 1.807) is 36.4 Å². The molecular formula is C19H20N2O5S. The lowest BCUT2D eigenvalue weighted by Crippen LogP contribution is -2.32. The third-order valence-electron chi connectivity index (χ3n) is 4.41. The van der Waals surface area contributed by atoms with Gasteiger partial charge in [0.2, 0.25) is 10.0 Å². The second-order valence-electron chi connectivity index (χ2n) is 6.29. The smallest absolute Gasteiger partial charge is 0.261 e. The van der Waals surface area contributed by atoms with Gasteiger partial charge in [-0.1, -0.05) is 25.1 Å². The summed E-state index contributed by atoms with van der Waals surface area (Å²) in [5, 5.41) is 9.84. The number of carbonyl (C=O) groups is 2. The molecule has 27 heavy (non-hydrogen) atoms. The highest BCUT2D eigenvalue weighted by Crippen LogP contribution is 2.26. The van der Waals surface area contributed by atoms with Crippen LogP contribution in [0.5, 0.6) is 5.75 Å². The predicted octanol–water partition coefficient (Wildman–Crippen LogP) is 2.38. The van der Waals surface area contributed by atoms with Gasteiger partial charge in [0, 0.05) is 6.54 Å². The van der Waals surface area contributed by atoms with E-state index in [9.17, 15) is 23.1 Å². The monoisotopic (exact) mass is 388 g/mol. The number of hydrogen-bond acceptors (Lipinski definition) is 5. The van der Waals surface area contributed by atoms with E-state index in [1.165, 1.54) is 6.07 Å². The van der Waals surface area contributed by atoms with Gasteiger partial charge < -0.3 is 5.11 Å². The zero-order chi connectivity index (χ0) is 19.6. The van der Waals surface area contributed by atoms with E-state index in [4.69, 9.17) is 0 Å². The summed E-state index contributed by atoms with van der Waals surface area (Å²) in [4.78, 5) is 25.6. The maximum Gasteiger partial charge on any atom is 0.261 e. The highest BCUT2D eigenvalue weighted by Gasteiger charge is 2.34. The van der Waals surface area contributed by atoms with E-state index < -0.39 is 21.8 Å². The molecule has 0 aromatic heterocycles. The second-order valence-corrected chi connectivity index (χ2v) is 8.13. The lowest BCUT2D eigenvalue weighted by atomic mass is 10.1. The van der Waals surface area contributed by atoms with Crippen LogP contribution in [0.1, 0.15) is 39.6 Å². The lowest BCUT2D eigenvalue weighted by molar-refractivity contribution is 0.0654. The summed E-state index contributed by atoms with van der Waals surface area (Å²) in [6.45, 7) is 1.93. The molecule has 0 saturated heterocycles. The Labute approximate surface area is 157 Å². The number of fused-ring (bicyclic) bond motifs is 1. The minimum atomic E-state index is -3.74. The van der Waals surface area contributed by atoms with E-state index in [0.29, 0.717) is 17.5 Å². The van der Waals surface area contributed by atoms with Crippen molar-refractivity contribution in [3.05, 3.63) is 59.2 Å². The molecule has 0 bridgehead atoms. The maximum atomic E-state index is 12.3. The van der Waals surface area contributed by atoms with Crippen LogP contribution in [-0.4, -0.2) is 42.5 Å². The predicted molar refractivity (Wildman–Crippen MR) is 101 cm³/mol. The van der Waals surface area contributed by atoms with Crippen molar-refractivity contribution in [3.63, 3.8) is 0 Å². The Bertz CT molecular complexity index is 966. The Balaban J connectivity index is 1.62. The van der Waals surface area contributed by atoms with Crippen LogP contribution >= 0.6 is 0 Å². The van der Waals surface area contributed by atoms with Crippen molar-refractivity contribution >= 4 is 27.5 Å². The van der Waals surface area contributed by atoms with Crippen molar-refractivity contribution in [1.29, 1.82) is 0 Å². The highest BCUT2D eigenvalue weighted by atomic mass is 32.2. The van der Waals surface area contributed by atoms with Crippen molar-refractivity contribution in [2.45, 2.75) is 19.8 Å². The first-order valence-corrected chi connectivity index (χ1v) is 10.2. The van der Waals surface area contributed by atoms with Gasteiger partial charge in [-0.25, -0.2) is 8.42 Å². The van der Waals surface area contributed by atoms with Crippen LogP contribution < -0.4 is 4.72 Å². The molecule has 1 aliphatic heterocycles. The van der Waals surface area contributed by atoms with E-state index in [-0.39, 0.29) is 30.2 Å². The van der Waals surface area contributed by atoms with Crippen LogP contribution in [0.3, 0.4) is 0 Å². The van der Waals surface area contributed by atoms with Gasteiger partial charge in [0.15, 0.2) is 0 Å². The summed E-state index contributed by atoms with van der Waals surface area (Å²) in [6.07, 6.45) is 0.795. The number of nitrogens with one attached hydrogen (secondary N) is 1. The van der Waals surface area contributed by atoms with Crippen LogP contribution in [-0.2, 0) is 16.4 Å². The number of sulfonamides is 1. The first-order valence-electron chi connectivity index (χ1n) is 8.60. The van der Waals surface area contributed by atoms with Crippen molar-refractivity contribution in [1.82, 2.24) is 4.90 Å². The SMILES string of the molecule is CCc1ccc(O)c(NS(=O)(=O)CCCN2C(=O)c3ccccc3C2=O)c1. The summed E-state index contributed by atoms with van der Waals surface area (Å²) < 4.78 is 27.0. The van der Waals surface area contributed by atoms with Gasteiger partial charge in [-0.05, 0) is 42.7 Å². The highest BCUT2D eigenvalue weighted by molar-refractivity contribution is 7.92. The van der Waals surface area contributed by atoms with Crippen molar-refractivity contribution in [2.24, 2.45) is 0 Å². The molecule has 8 heteroatoms. The largest absolute Gasteiger partial charge is 0.506 e. The first-order chi connectivity index (χ1) is 12.8. The van der Waals surface area contributed by atoms with E-state index in [1.807, 2.05) is 6.92 Å². The molecule has 0 saturated carbocycles. The number of aromatic hydroxyl groups is 1. The number of phenolic OH excluding ortho intramolecular Hbond substituents is 1. The van der Waals surface area contributed by atoms with Gasteiger partial charge in [0.1, 0.15) is 5.75 Å². The minimum Gasteiger partial charge on any atom is -0.506 e. The third kappa shape index (κ3) is 3.95. The molecule has 2 aromatic carbocycles.